The molecule has 17 heavy (non-hydrogen) atoms. The van der Waals surface area contributed by atoms with Crippen LogP contribution in [-0.2, 0) is 6.54 Å². The summed E-state index contributed by atoms with van der Waals surface area (Å²) in [4.78, 5) is 11.9. The number of nitrogens with zero attached hydrogens (tertiary/aromatic N) is 3. The number of rotatable bonds is 4. The van der Waals surface area contributed by atoms with Crippen LogP contribution in [0.1, 0.15) is 18.7 Å². The Morgan fingerprint density at radius 2 is 2.18 bits per heavy atom. The Kier molecular flexibility index (Phi) is 3.58. The molecule has 2 aromatic heterocycles. The SMILES string of the molecule is CC(C)N(Cc1cccs1)c1cnc(N)cn1. The summed E-state index contributed by atoms with van der Waals surface area (Å²) in [5, 5.41) is 2.09. The predicted molar refractivity (Wildman–Crippen MR) is 72.1 cm³/mol. The van der Waals surface area contributed by atoms with Crippen LogP contribution < -0.4 is 10.6 Å². The molecule has 0 aliphatic heterocycles. The van der Waals surface area contributed by atoms with Crippen LogP contribution in [0.4, 0.5) is 11.6 Å². The van der Waals surface area contributed by atoms with E-state index in [0.29, 0.717) is 11.9 Å². The van der Waals surface area contributed by atoms with Gasteiger partial charge in [-0.3, -0.25) is 0 Å². The average Bonchev–Trinajstić information content (AvgIpc) is 2.80. The topological polar surface area (TPSA) is 55.0 Å². The number of aromatic nitrogens is 2. The van der Waals surface area contributed by atoms with Gasteiger partial charge in [0.2, 0.25) is 0 Å². The van der Waals surface area contributed by atoms with Crippen molar-refractivity contribution >= 4 is 23.0 Å². The van der Waals surface area contributed by atoms with E-state index in [1.807, 2.05) is 0 Å². The van der Waals surface area contributed by atoms with Crippen LogP contribution in [0.25, 0.3) is 0 Å². The first-order valence-corrected chi connectivity index (χ1v) is 6.41. The van der Waals surface area contributed by atoms with E-state index >= 15 is 0 Å². The first-order chi connectivity index (χ1) is 8.16. The third kappa shape index (κ3) is 2.94. The van der Waals surface area contributed by atoms with Crippen molar-refractivity contribution in [1.82, 2.24) is 9.97 Å². The highest BCUT2D eigenvalue weighted by Crippen LogP contribution is 2.19. The minimum atomic E-state index is 0.370. The largest absolute Gasteiger partial charge is 0.382 e. The van der Waals surface area contributed by atoms with Crippen molar-refractivity contribution in [1.29, 1.82) is 0 Å². The van der Waals surface area contributed by atoms with Crippen LogP contribution in [0, 0.1) is 0 Å². The second kappa shape index (κ2) is 5.14. The van der Waals surface area contributed by atoms with Crippen LogP contribution in [0.2, 0.25) is 0 Å². The summed E-state index contributed by atoms with van der Waals surface area (Å²) in [5.74, 6) is 1.32. The van der Waals surface area contributed by atoms with Crippen molar-refractivity contribution in [2.75, 3.05) is 10.6 Å². The first-order valence-electron chi connectivity index (χ1n) is 5.53. The molecule has 2 rings (SSSR count). The maximum atomic E-state index is 5.55. The Morgan fingerprint density at radius 3 is 2.71 bits per heavy atom. The molecule has 0 atom stereocenters. The molecule has 0 aliphatic carbocycles. The number of nitrogen functional groups attached to an aromatic ring is 1. The molecule has 2 aromatic rings. The molecule has 0 bridgehead atoms. The smallest absolute Gasteiger partial charge is 0.147 e. The lowest BCUT2D eigenvalue weighted by molar-refractivity contribution is 0.675. The van der Waals surface area contributed by atoms with Gasteiger partial charge in [0, 0.05) is 10.9 Å². The summed E-state index contributed by atoms with van der Waals surface area (Å²) >= 11 is 1.75. The highest BCUT2D eigenvalue weighted by Gasteiger charge is 2.13. The molecule has 0 saturated carbocycles. The van der Waals surface area contributed by atoms with E-state index in [4.69, 9.17) is 5.73 Å². The van der Waals surface area contributed by atoms with Gasteiger partial charge in [0.05, 0.1) is 18.9 Å². The average molecular weight is 248 g/mol. The lowest BCUT2D eigenvalue weighted by Gasteiger charge is -2.26. The fourth-order valence-electron chi connectivity index (χ4n) is 1.58. The number of thiophene rings is 1. The number of hydrogen-bond acceptors (Lipinski definition) is 5. The van der Waals surface area contributed by atoms with Gasteiger partial charge >= 0.3 is 0 Å². The monoisotopic (exact) mass is 248 g/mol. The maximum absolute atomic E-state index is 5.55. The van der Waals surface area contributed by atoms with Gasteiger partial charge in [0.25, 0.3) is 0 Å². The van der Waals surface area contributed by atoms with Crippen LogP contribution in [0.5, 0.6) is 0 Å². The Labute approximate surface area is 105 Å². The van der Waals surface area contributed by atoms with Crippen molar-refractivity contribution in [3.8, 4) is 0 Å². The van der Waals surface area contributed by atoms with Gasteiger partial charge in [0.1, 0.15) is 11.6 Å². The number of nitrogens with two attached hydrogens (primary N) is 1. The number of anilines is 2. The van der Waals surface area contributed by atoms with Crippen molar-refractivity contribution in [3.05, 3.63) is 34.8 Å². The quantitative estimate of drug-likeness (QED) is 0.903. The van der Waals surface area contributed by atoms with E-state index in [2.05, 4.69) is 46.2 Å². The van der Waals surface area contributed by atoms with E-state index in [0.717, 1.165) is 12.4 Å². The van der Waals surface area contributed by atoms with Crippen LogP contribution in [0.3, 0.4) is 0 Å². The molecular weight excluding hydrogens is 232 g/mol. The van der Waals surface area contributed by atoms with Crippen molar-refractivity contribution in [2.45, 2.75) is 26.4 Å². The van der Waals surface area contributed by atoms with Crippen LogP contribution >= 0.6 is 11.3 Å². The van der Waals surface area contributed by atoms with E-state index in [1.54, 1.807) is 23.7 Å². The predicted octanol–water partition coefficient (Wildman–Crippen LogP) is 2.54. The summed E-state index contributed by atoms with van der Waals surface area (Å²) < 4.78 is 0. The van der Waals surface area contributed by atoms with Gasteiger partial charge < -0.3 is 10.6 Å². The summed E-state index contributed by atoms with van der Waals surface area (Å²) in [6.45, 7) is 5.14. The summed E-state index contributed by atoms with van der Waals surface area (Å²) in [6, 6.07) is 4.56. The first kappa shape index (κ1) is 11.9. The van der Waals surface area contributed by atoms with Crippen LogP contribution in [0.15, 0.2) is 29.9 Å². The van der Waals surface area contributed by atoms with Gasteiger partial charge in [0.15, 0.2) is 0 Å². The van der Waals surface area contributed by atoms with Gasteiger partial charge in [-0.25, -0.2) is 9.97 Å². The molecule has 2 N–H and O–H groups in total. The van der Waals surface area contributed by atoms with E-state index in [9.17, 15) is 0 Å². The highest BCUT2D eigenvalue weighted by molar-refractivity contribution is 7.09. The minimum Gasteiger partial charge on any atom is -0.382 e. The summed E-state index contributed by atoms with van der Waals surface area (Å²) in [6.07, 6.45) is 3.32. The highest BCUT2D eigenvalue weighted by atomic mass is 32.1. The molecule has 0 aromatic carbocycles. The van der Waals surface area contributed by atoms with Gasteiger partial charge in [-0.1, -0.05) is 6.07 Å². The normalized spacial score (nSPS) is 10.8. The summed E-state index contributed by atoms with van der Waals surface area (Å²) in [5.41, 5.74) is 5.55. The van der Waals surface area contributed by atoms with Crippen LogP contribution in [-0.4, -0.2) is 16.0 Å². The van der Waals surface area contributed by atoms with E-state index in [1.165, 1.54) is 4.88 Å². The lowest BCUT2D eigenvalue weighted by atomic mass is 10.3. The Bertz CT molecular complexity index is 450. The van der Waals surface area contributed by atoms with E-state index < -0.39 is 0 Å². The van der Waals surface area contributed by atoms with Gasteiger partial charge in [-0.15, -0.1) is 11.3 Å². The molecule has 5 heteroatoms. The van der Waals surface area contributed by atoms with Crippen molar-refractivity contribution in [3.63, 3.8) is 0 Å². The molecule has 0 amide bonds. The molecule has 0 fully saturated rings. The van der Waals surface area contributed by atoms with Crippen molar-refractivity contribution in [2.24, 2.45) is 0 Å². The fourth-order valence-corrected chi connectivity index (χ4v) is 2.28. The second-order valence-electron chi connectivity index (χ2n) is 4.10. The Balaban J connectivity index is 2.20. The molecule has 0 spiro atoms. The van der Waals surface area contributed by atoms with Gasteiger partial charge in [-0.2, -0.15) is 0 Å². The molecule has 0 unspecified atom stereocenters. The Hall–Kier alpha value is -1.62. The third-order valence-electron chi connectivity index (χ3n) is 2.48. The maximum Gasteiger partial charge on any atom is 0.147 e. The van der Waals surface area contributed by atoms with Gasteiger partial charge in [-0.05, 0) is 25.3 Å². The zero-order chi connectivity index (χ0) is 12.3. The molecule has 2 heterocycles. The molecular formula is C12H16N4S. The fraction of sp³-hybridized carbons (Fsp3) is 0.333. The van der Waals surface area contributed by atoms with Crippen molar-refractivity contribution < 1.29 is 0 Å². The molecule has 0 radical (unpaired) electrons. The third-order valence-corrected chi connectivity index (χ3v) is 3.34. The zero-order valence-electron chi connectivity index (χ0n) is 10.00. The number of hydrogen-bond donors (Lipinski definition) is 1. The standard InChI is InChI=1S/C12H16N4S/c1-9(2)16(8-10-4-3-5-17-10)12-7-14-11(13)6-15-12/h3-7,9H,8H2,1-2H3,(H2,13,14). The molecule has 90 valence electrons. The molecule has 0 aliphatic rings. The lowest BCUT2D eigenvalue weighted by Crippen LogP contribution is -2.30. The minimum absolute atomic E-state index is 0.370. The van der Waals surface area contributed by atoms with E-state index in [-0.39, 0.29) is 0 Å². The second-order valence-corrected chi connectivity index (χ2v) is 5.13. The Morgan fingerprint density at radius 1 is 1.35 bits per heavy atom. The zero-order valence-corrected chi connectivity index (χ0v) is 10.8. The summed E-state index contributed by atoms with van der Waals surface area (Å²) in [7, 11) is 0. The molecule has 4 nitrogen and oxygen atoms in total. The molecule has 0 saturated heterocycles.